The first-order valence-electron chi connectivity index (χ1n) is 5.14. The number of hydrogen-bond donors (Lipinski definition) is 2. The molecule has 0 aliphatic heterocycles. The second kappa shape index (κ2) is 5.39. The van der Waals surface area contributed by atoms with Crippen molar-refractivity contribution in [2.24, 2.45) is 5.73 Å². The second-order valence-electron chi connectivity index (χ2n) is 3.31. The van der Waals surface area contributed by atoms with Gasteiger partial charge in [0.15, 0.2) is 11.6 Å². The molecule has 0 unspecified atom stereocenters. The van der Waals surface area contributed by atoms with Crippen molar-refractivity contribution in [1.29, 1.82) is 0 Å². The summed E-state index contributed by atoms with van der Waals surface area (Å²) in [5, 5.41) is 6.95. The number of hydrogen-bond acceptors (Lipinski definition) is 4. The summed E-state index contributed by atoms with van der Waals surface area (Å²) in [6, 6.07) is 9.80. The van der Waals surface area contributed by atoms with Crippen molar-refractivity contribution < 1.29 is 4.74 Å². The Balaban J connectivity index is 2.02. The molecule has 5 nitrogen and oxygen atoms in total. The van der Waals surface area contributed by atoms with Crippen LogP contribution in [0.25, 0.3) is 11.4 Å². The number of H-pyrrole nitrogens is 1. The van der Waals surface area contributed by atoms with Gasteiger partial charge in [-0.15, -0.1) is 0 Å². The molecule has 84 valence electrons. The summed E-state index contributed by atoms with van der Waals surface area (Å²) in [7, 11) is 0. The van der Waals surface area contributed by atoms with E-state index in [9.17, 15) is 0 Å². The van der Waals surface area contributed by atoms with Gasteiger partial charge < -0.3 is 10.5 Å². The summed E-state index contributed by atoms with van der Waals surface area (Å²) in [6.45, 7) is 1.46. The highest BCUT2D eigenvalue weighted by Gasteiger charge is 2.04. The number of nitrogens with zero attached hydrogens (tertiary/aromatic N) is 2. The highest BCUT2D eigenvalue weighted by Crippen LogP contribution is 2.13. The lowest BCUT2D eigenvalue weighted by Crippen LogP contribution is -2.08. The SMILES string of the molecule is NCCOCc1nc(-c2ccccc2)n[nH]1. The number of benzene rings is 1. The van der Waals surface area contributed by atoms with Crippen LogP contribution in [-0.4, -0.2) is 28.3 Å². The van der Waals surface area contributed by atoms with E-state index in [1.54, 1.807) is 0 Å². The highest BCUT2D eigenvalue weighted by molar-refractivity contribution is 5.53. The third-order valence-corrected chi connectivity index (χ3v) is 2.06. The molecule has 1 aromatic carbocycles. The third kappa shape index (κ3) is 2.65. The number of aromatic amines is 1. The Morgan fingerprint density at radius 3 is 2.81 bits per heavy atom. The first kappa shape index (κ1) is 10.8. The van der Waals surface area contributed by atoms with Crippen molar-refractivity contribution in [2.45, 2.75) is 6.61 Å². The zero-order chi connectivity index (χ0) is 11.2. The largest absolute Gasteiger partial charge is 0.372 e. The topological polar surface area (TPSA) is 76.8 Å². The van der Waals surface area contributed by atoms with Crippen LogP contribution in [0.5, 0.6) is 0 Å². The summed E-state index contributed by atoms with van der Waals surface area (Å²) < 4.78 is 5.26. The van der Waals surface area contributed by atoms with Crippen LogP contribution >= 0.6 is 0 Å². The summed E-state index contributed by atoms with van der Waals surface area (Å²) in [5.74, 6) is 1.40. The van der Waals surface area contributed by atoms with Crippen molar-refractivity contribution in [3.63, 3.8) is 0 Å². The standard InChI is InChI=1S/C11H14N4O/c12-6-7-16-8-10-13-11(15-14-10)9-4-2-1-3-5-9/h1-5H,6-8,12H2,(H,13,14,15). The van der Waals surface area contributed by atoms with Gasteiger partial charge in [0.2, 0.25) is 0 Å². The van der Waals surface area contributed by atoms with E-state index in [2.05, 4.69) is 15.2 Å². The minimum Gasteiger partial charge on any atom is -0.372 e. The maximum Gasteiger partial charge on any atom is 0.181 e. The predicted molar refractivity (Wildman–Crippen MR) is 60.5 cm³/mol. The van der Waals surface area contributed by atoms with E-state index < -0.39 is 0 Å². The summed E-state index contributed by atoms with van der Waals surface area (Å²) in [6.07, 6.45) is 0. The van der Waals surface area contributed by atoms with Crippen molar-refractivity contribution in [1.82, 2.24) is 15.2 Å². The molecule has 0 atom stereocenters. The van der Waals surface area contributed by atoms with Crippen molar-refractivity contribution >= 4 is 0 Å². The Morgan fingerprint density at radius 1 is 1.25 bits per heavy atom. The summed E-state index contributed by atoms with van der Waals surface area (Å²) in [5.41, 5.74) is 6.31. The van der Waals surface area contributed by atoms with E-state index in [0.717, 1.165) is 5.56 Å². The molecular weight excluding hydrogens is 204 g/mol. The minimum absolute atomic E-state index is 0.414. The van der Waals surface area contributed by atoms with Crippen LogP contribution in [0.1, 0.15) is 5.82 Å². The monoisotopic (exact) mass is 218 g/mol. The number of nitrogens with two attached hydrogens (primary N) is 1. The summed E-state index contributed by atoms with van der Waals surface area (Å²) >= 11 is 0. The predicted octanol–water partition coefficient (Wildman–Crippen LogP) is 0.947. The molecule has 0 spiro atoms. The van der Waals surface area contributed by atoms with Gasteiger partial charge in [0.05, 0.1) is 6.61 Å². The first-order valence-corrected chi connectivity index (χ1v) is 5.14. The van der Waals surface area contributed by atoms with Gasteiger partial charge in [0, 0.05) is 12.1 Å². The van der Waals surface area contributed by atoms with Crippen molar-refractivity contribution in [2.75, 3.05) is 13.2 Å². The molecule has 1 aromatic heterocycles. The van der Waals surface area contributed by atoms with Gasteiger partial charge >= 0.3 is 0 Å². The molecule has 0 saturated heterocycles. The molecule has 5 heteroatoms. The Kier molecular flexibility index (Phi) is 3.63. The smallest absolute Gasteiger partial charge is 0.181 e. The molecule has 0 saturated carbocycles. The molecule has 0 fully saturated rings. The van der Waals surface area contributed by atoms with Crippen LogP contribution in [0.15, 0.2) is 30.3 Å². The normalized spacial score (nSPS) is 10.6. The molecule has 0 aliphatic rings. The lowest BCUT2D eigenvalue weighted by molar-refractivity contribution is 0.123. The van der Waals surface area contributed by atoms with Crippen LogP contribution in [0.2, 0.25) is 0 Å². The Morgan fingerprint density at radius 2 is 2.06 bits per heavy atom. The Labute approximate surface area is 93.7 Å². The van der Waals surface area contributed by atoms with Gasteiger partial charge in [-0.3, -0.25) is 5.10 Å². The lowest BCUT2D eigenvalue weighted by atomic mass is 10.2. The van der Waals surface area contributed by atoms with E-state index in [-0.39, 0.29) is 0 Å². The van der Waals surface area contributed by atoms with Gasteiger partial charge in [-0.2, -0.15) is 5.10 Å². The molecule has 0 amide bonds. The molecule has 0 radical (unpaired) electrons. The number of ether oxygens (including phenoxy) is 1. The molecule has 0 aliphatic carbocycles. The van der Waals surface area contributed by atoms with Crippen LogP contribution in [0.4, 0.5) is 0 Å². The van der Waals surface area contributed by atoms with Crippen molar-refractivity contribution in [3.8, 4) is 11.4 Å². The zero-order valence-electron chi connectivity index (χ0n) is 8.89. The fourth-order valence-electron chi connectivity index (χ4n) is 1.33. The van der Waals surface area contributed by atoms with E-state index >= 15 is 0 Å². The van der Waals surface area contributed by atoms with Crippen molar-refractivity contribution in [3.05, 3.63) is 36.2 Å². The number of nitrogens with one attached hydrogen (secondary N) is 1. The highest BCUT2D eigenvalue weighted by atomic mass is 16.5. The van der Waals surface area contributed by atoms with Crippen LogP contribution in [0, 0.1) is 0 Å². The number of rotatable bonds is 5. The maximum absolute atomic E-state index is 5.32. The van der Waals surface area contributed by atoms with Crippen LogP contribution in [0.3, 0.4) is 0 Å². The average Bonchev–Trinajstić information content (AvgIpc) is 2.79. The number of aromatic nitrogens is 3. The fourth-order valence-corrected chi connectivity index (χ4v) is 1.33. The maximum atomic E-state index is 5.32. The molecule has 0 bridgehead atoms. The van der Waals surface area contributed by atoms with E-state index in [0.29, 0.717) is 31.4 Å². The average molecular weight is 218 g/mol. The zero-order valence-corrected chi connectivity index (χ0v) is 8.89. The first-order chi connectivity index (χ1) is 7.90. The molecule has 3 N–H and O–H groups in total. The van der Waals surface area contributed by atoms with Gasteiger partial charge in [-0.25, -0.2) is 4.98 Å². The van der Waals surface area contributed by atoms with Gasteiger partial charge in [0.1, 0.15) is 6.61 Å². The lowest BCUT2D eigenvalue weighted by Gasteiger charge is -1.97. The minimum atomic E-state index is 0.414. The molecule has 16 heavy (non-hydrogen) atoms. The van der Waals surface area contributed by atoms with E-state index in [1.807, 2.05) is 30.3 Å². The second-order valence-corrected chi connectivity index (χ2v) is 3.31. The molecule has 2 aromatic rings. The van der Waals surface area contributed by atoms with Crippen LogP contribution < -0.4 is 5.73 Å². The van der Waals surface area contributed by atoms with Gasteiger partial charge in [-0.05, 0) is 0 Å². The summed E-state index contributed by atoms with van der Waals surface area (Å²) in [4.78, 5) is 4.32. The Bertz CT molecular complexity index is 427. The Hall–Kier alpha value is -1.72. The van der Waals surface area contributed by atoms with Gasteiger partial charge in [-0.1, -0.05) is 30.3 Å². The quantitative estimate of drug-likeness (QED) is 0.732. The molecular formula is C11H14N4O. The van der Waals surface area contributed by atoms with Crippen LogP contribution in [-0.2, 0) is 11.3 Å². The van der Waals surface area contributed by atoms with E-state index in [4.69, 9.17) is 10.5 Å². The molecule has 2 rings (SSSR count). The molecule has 1 heterocycles. The van der Waals surface area contributed by atoms with Gasteiger partial charge in [0.25, 0.3) is 0 Å². The van der Waals surface area contributed by atoms with E-state index in [1.165, 1.54) is 0 Å². The fraction of sp³-hybridized carbons (Fsp3) is 0.273. The third-order valence-electron chi connectivity index (χ3n) is 2.06.